The van der Waals surface area contributed by atoms with E-state index in [1.54, 1.807) is 32.4 Å². The quantitative estimate of drug-likeness (QED) is 0.652. The van der Waals surface area contributed by atoms with Crippen LogP contribution in [0.1, 0.15) is 24.2 Å². The fourth-order valence-electron chi connectivity index (χ4n) is 1.95. The van der Waals surface area contributed by atoms with Gasteiger partial charge in [0.2, 0.25) is 0 Å². The van der Waals surface area contributed by atoms with Gasteiger partial charge in [-0.1, -0.05) is 0 Å². The van der Waals surface area contributed by atoms with Crippen molar-refractivity contribution in [2.24, 2.45) is 0 Å². The summed E-state index contributed by atoms with van der Waals surface area (Å²) in [6.45, 7) is 4.64. The van der Waals surface area contributed by atoms with E-state index in [0.29, 0.717) is 30.3 Å². The van der Waals surface area contributed by atoms with E-state index < -0.39 is 5.97 Å². The summed E-state index contributed by atoms with van der Waals surface area (Å²) >= 11 is 0. The van der Waals surface area contributed by atoms with Gasteiger partial charge in [-0.25, -0.2) is 4.79 Å². The van der Waals surface area contributed by atoms with Gasteiger partial charge in [-0.15, -0.1) is 0 Å². The van der Waals surface area contributed by atoms with Crippen LogP contribution in [0.2, 0.25) is 0 Å². The van der Waals surface area contributed by atoms with Crippen LogP contribution in [0.15, 0.2) is 18.2 Å². The van der Waals surface area contributed by atoms with Crippen molar-refractivity contribution in [1.82, 2.24) is 0 Å². The molecule has 0 saturated carbocycles. The number of ether oxygens (including phenoxy) is 5. The van der Waals surface area contributed by atoms with Crippen LogP contribution in [0, 0.1) is 0 Å². The molecule has 2 atom stereocenters. The number of methoxy groups -OCH3 is 3. The van der Waals surface area contributed by atoms with Gasteiger partial charge in [0.1, 0.15) is 23.7 Å². The third-order valence-corrected chi connectivity index (χ3v) is 2.78. The Balaban J connectivity index is 2.97. The first-order valence-electron chi connectivity index (χ1n) is 7.04. The van der Waals surface area contributed by atoms with Crippen LogP contribution in [0.4, 0.5) is 0 Å². The Kier molecular flexibility index (Phi) is 7.70. The van der Waals surface area contributed by atoms with Crippen molar-refractivity contribution in [1.29, 1.82) is 0 Å². The van der Waals surface area contributed by atoms with Crippen molar-refractivity contribution in [3.05, 3.63) is 23.8 Å². The number of benzene rings is 1. The summed E-state index contributed by atoms with van der Waals surface area (Å²) in [7, 11) is 4.54. The minimum atomic E-state index is -0.450. The van der Waals surface area contributed by atoms with Crippen LogP contribution in [-0.2, 0) is 14.2 Å². The van der Waals surface area contributed by atoms with Gasteiger partial charge >= 0.3 is 5.97 Å². The SMILES string of the molecule is COC[C@H](C)Oc1cc(O[C@@H](C)COC)cc(C(=O)OC)c1. The number of carbonyl (C=O) groups is 1. The van der Waals surface area contributed by atoms with Crippen LogP contribution in [0.3, 0.4) is 0 Å². The van der Waals surface area contributed by atoms with Crippen molar-refractivity contribution < 1.29 is 28.5 Å². The first-order valence-corrected chi connectivity index (χ1v) is 7.04. The van der Waals surface area contributed by atoms with Crippen LogP contribution < -0.4 is 9.47 Å². The fraction of sp³-hybridized carbons (Fsp3) is 0.562. The van der Waals surface area contributed by atoms with Crippen molar-refractivity contribution in [3.8, 4) is 11.5 Å². The molecule has 0 amide bonds. The number of hydrogen-bond acceptors (Lipinski definition) is 6. The number of hydrogen-bond donors (Lipinski definition) is 0. The standard InChI is InChI=1S/C16H24O6/c1-11(9-18-3)21-14-6-13(16(17)20-5)7-15(8-14)22-12(2)10-19-4/h6-8,11-12H,9-10H2,1-5H3/t11-,12-/m0/s1. The summed E-state index contributed by atoms with van der Waals surface area (Å²) in [6.07, 6.45) is -0.302. The number of carbonyl (C=O) groups excluding carboxylic acids is 1. The van der Waals surface area contributed by atoms with E-state index in [4.69, 9.17) is 23.7 Å². The van der Waals surface area contributed by atoms with Gasteiger partial charge in [-0.05, 0) is 26.0 Å². The summed E-state index contributed by atoms with van der Waals surface area (Å²) in [5, 5.41) is 0. The monoisotopic (exact) mass is 312 g/mol. The van der Waals surface area contributed by atoms with Crippen molar-refractivity contribution >= 4 is 5.97 Å². The maximum absolute atomic E-state index is 11.8. The second kappa shape index (κ2) is 9.27. The fourth-order valence-corrected chi connectivity index (χ4v) is 1.95. The molecule has 22 heavy (non-hydrogen) atoms. The average molecular weight is 312 g/mol. The van der Waals surface area contributed by atoms with Gasteiger partial charge in [0.25, 0.3) is 0 Å². The largest absolute Gasteiger partial charge is 0.488 e. The number of esters is 1. The van der Waals surface area contributed by atoms with Gasteiger partial charge in [-0.2, -0.15) is 0 Å². The minimum absolute atomic E-state index is 0.151. The van der Waals surface area contributed by atoms with Crippen LogP contribution in [0.25, 0.3) is 0 Å². The molecule has 0 aliphatic carbocycles. The Morgan fingerprint density at radius 1 is 0.909 bits per heavy atom. The third-order valence-electron chi connectivity index (χ3n) is 2.78. The number of rotatable bonds is 9. The molecule has 0 radical (unpaired) electrons. The second-order valence-electron chi connectivity index (χ2n) is 4.95. The summed E-state index contributed by atoms with van der Waals surface area (Å²) in [4.78, 5) is 11.8. The van der Waals surface area contributed by atoms with E-state index in [1.807, 2.05) is 13.8 Å². The zero-order chi connectivity index (χ0) is 16.5. The highest BCUT2D eigenvalue weighted by molar-refractivity contribution is 5.90. The van der Waals surface area contributed by atoms with Gasteiger partial charge in [-0.3, -0.25) is 0 Å². The van der Waals surface area contributed by atoms with Crippen molar-refractivity contribution in [3.63, 3.8) is 0 Å². The highest BCUT2D eigenvalue weighted by atomic mass is 16.5. The maximum atomic E-state index is 11.8. The Bertz CT molecular complexity index is 441. The lowest BCUT2D eigenvalue weighted by atomic mass is 10.2. The molecule has 1 aromatic carbocycles. The Hall–Kier alpha value is -1.79. The molecular weight excluding hydrogens is 288 g/mol. The molecule has 6 heteroatoms. The molecule has 0 aliphatic heterocycles. The highest BCUT2D eigenvalue weighted by Crippen LogP contribution is 2.25. The predicted molar refractivity (Wildman–Crippen MR) is 81.7 cm³/mol. The van der Waals surface area contributed by atoms with Gasteiger partial charge in [0, 0.05) is 20.3 Å². The molecule has 0 fully saturated rings. The molecule has 0 saturated heterocycles. The van der Waals surface area contributed by atoms with Crippen LogP contribution >= 0.6 is 0 Å². The van der Waals surface area contributed by atoms with E-state index in [1.165, 1.54) is 7.11 Å². The Morgan fingerprint density at radius 3 is 1.73 bits per heavy atom. The van der Waals surface area contributed by atoms with E-state index >= 15 is 0 Å². The predicted octanol–water partition coefficient (Wildman–Crippen LogP) is 2.30. The van der Waals surface area contributed by atoms with E-state index in [9.17, 15) is 4.79 Å². The molecule has 0 heterocycles. The molecule has 0 spiro atoms. The molecule has 0 unspecified atom stereocenters. The smallest absolute Gasteiger partial charge is 0.338 e. The molecule has 0 N–H and O–H groups in total. The minimum Gasteiger partial charge on any atom is -0.488 e. The normalized spacial score (nSPS) is 13.3. The molecular formula is C16H24O6. The molecule has 1 rings (SSSR count). The lowest BCUT2D eigenvalue weighted by Crippen LogP contribution is -2.20. The maximum Gasteiger partial charge on any atom is 0.338 e. The van der Waals surface area contributed by atoms with E-state index in [0.717, 1.165) is 0 Å². The van der Waals surface area contributed by atoms with E-state index in [2.05, 4.69) is 0 Å². The van der Waals surface area contributed by atoms with Gasteiger partial charge in [0.15, 0.2) is 0 Å². The first kappa shape index (κ1) is 18.3. The molecule has 0 bridgehead atoms. The third kappa shape index (κ3) is 5.91. The van der Waals surface area contributed by atoms with Gasteiger partial charge in [0.05, 0.1) is 25.9 Å². The second-order valence-corrected chi connectivity index (χ2v) is 4.95. The zero-order valence-corrected chi connectivity index (χ0v) is 13.8. The molecule has 0 aromatic heterocycles. The molecule has 1 aromatic rings. The molecule has 0 aliphatic rings. The van der Waals surface area contributed by atoms with Crippen molar-refractivity contribution in [2.45, 2.75) is 26.1 Å². The van der Waals surface area contributed by atoms with Crippen LogP contribution in [0.5, 0.6) is 11.5 Å². The van der Waals surface area contributed by atoms with Crippen molar-refractivity contribution in [2.75, 3.05) is 34.5 Å². The Morgan fingerprint density at radius 2 is 1.36 bits per heavy atom. The first-order chi connectivity index (χ1) is 10.5. The average Bonchev–Trinajstić information content (AvgIpc) is 2.46. The topological polar surface area (TPSA) is 63.2 Å². The molecule has 124 valence electrons. The lowest BCUT2D eigenvalue weighted by molar-refractivity contribution is 0.0596. The van der Waals surface area contributed by atoms with Crippen LogP contribution in [-0.4, -0.2) is 52.7 Å². The molecule has 6 nitrogen and oxygen atoms in total. The summed E-state index contributed by atoms with van der Waals surface area (Å²) < 4.78 is 26.3. The summed E-state index contributed by atoms with van der Waals surface area (Å²) in [5.41, 5.74) is 0.365. The summed E-state index contributed by atoms with van der Waals surface area (Å²) in [6, 6.07) is 4.96. The Labute approximate surface area is 131 Å². The zero-order valence-electron chi connectivity index (χ0n) is 13.8. The lowest BCUT2D eigenvalue weighted by Gasteiger charge is -2.18. The van der Waals surface area contributed by atoms with Gasteiger partial charge < -0.3 is 23.7 Å². The van der Waals surface area contributed by atoms with E-state index in [-0.39, 0.29) is 12.2 Å². The summed E-state index contributed by atoms with van der Waals surface area (Å²) in [5.74, 6) is 0.591. The highest BCUT2D eigenvalue weighted by Gasteiger charge is 2.14.